The lowest BCUT2D eigenvalue weighted by Crippen LogP contribution is -2.27. The Kier molecular flexibility index (Phi) is 6.21. The highest BCUT2D eigenvalue weighted by Crippen LogP contribution is 2.15. The Bertz CT molecular complexity index is 721. The number of nitrogens with one attached hydrogen (secondary N) is 2. The number of nitrogens with zero attached hydrogens (tertiary/aromatic N) is 2. The van der Waals surface area contributed by atoms with E-state index in [-0.39, 0.29) is 17.5 Å². The van der Waals surface area contributed by atoms with Gasteiger partial charge in [-0.3, -0.25) is 4.79 Å². The zero-order valence-electron chi connectivity index (χ0n) is 13.4. The molecular formula is C16H18N4O4. The largest absolute Gasteiger partial charge is 0.465 e. The molecule has 0 saturated heterocycles. The van der Waals surface area contributed by atoms with Crippen LogP contribution in [-0.2, 0) is 9.47 Å². The molecule has 0 aliphatic heterocycles. The van der Waals surface area contributed by atoms with Crippen LogP contribution in [0.2, 0.25) is 0 Å². The third-order valence-electron chi connectivity index (χ3n) is 3.02. The maximum absolute atomic E-state index is 12.0. The van der Waals surface area contributed by atoms with Crippen LogP contribution in [0.15, 0.2) is 36.5 Å². The maximum atomic E-state index is 12.0. The van der Waals surface area contributed by atoms with Gasteiger partial charge in [-0.05, 0) is 24.3 Å². The monoisotopic (exact) mass is 330 g/mol. The number of hydrogen-bond acceptors (Lipinski definition) is 7. The van der Waals surface area contributed by atoms with Gasteiger partial charge in [0.05, 0.1) is 19.3 Å². The van der Waals surface area contributed by atoms with E-state index in [9.17, 15) is 9.59 Å². The van der Waals surface area contributed by atoms with Crippen LogP contribution in [0.1, 0.15) is 20.8 Å². The Labute approximate surface area is 139 Å². The van der Waals surface area contributed by atoms with Gasteiger partial charge in [-0.2, -0.15) is 0 Å². The predicted molar refractivity (Wildman–Crippen MR) is 87.3 cm³/mol. The summed E-state index contributed by atoms with van der Waals surface area (Å²) in [5.74, 6) is -0.511. The van der Waals surface area contributed by atoms with Gasteiger partial charge >= 0.3 is 5.97 Å². The van der Waals surface area contributed by atoms with E-state index in [1.165, 1.54) is 19.4 Å². The molecule has 0 atom stereocenters. The second-order valence-electron chi connectivity index (χ2n) is 4.71. The minimum atomic E-state index is -0.439. The molecule has 2 rings (SSSR count). The molecule has 0 unspecified atom stereocenters. The lowest BCUT2D eigenvalue weighted by molar-refractivity contribution is 0.0600. The number of esters is 1. The van der Waals surface area contributed by atoms with Crippen molar-refractivity contribution in [3.05, 3.63) is 47.8 Å². The molecule has 1 aromatic heterocycles. The van der Waals surface area contributed by atoms with Crippen molar-refractivity contribution in [3.8, 4) is 0 Å². The summed E-state index contributed by atoms with van der Waals surface area (Å²) in [5.41, 5.74) is 1.23. The number of carbonyl (C=O) groups excluding carboxylic acids is 2. The summed E-state index contributed by atoms with van der Waals surface area (Å²) >= 11 is 0. The number of carbonyl (C=O) groups is 2. The molecule has 1 heterocycles. The Morgan fingerprint density at radius 1 is 1.21 bits per heavy atom. The highest BCUT2D eigenvalue weighted by atomic mass is 16.5. The van der Waals surface area contributed by atoms with Crippen molar-refractivity contribution in [2.45, 2.75) is 0 Å². The summed E-state index contributed by atoms with van der Waals surface area (Å²) in [6.45, 7) is 0.811. The van der Waals surface area contributed by atoms with E-state index in [1.807, 2.05) is 0 Å². The lowest BCUT2D eigenvalue weighted by atomic mass is 10.2. The van der Waals surface area contributed by atoms with Crippen LogP contribution in [-0.4, -0.2) is 49.2 Å². The van der Waals surface area contributed by atoms with Gasteiger partial charge < -0.3 is 20.1 Å². The van der Waals surface area contributed by atoms with Gasteiger partial charge in [-0.1, -0.05) is 6.07 Å². The van der Waals surface area contributed by atoms with Gasteiger partial charge in [0.25, 0.3) is 5.91 Å². The Hall–Kier alpha value is -3.00. The summed E-state index contributed by atoms with van der Waals surface area (Å²) in [4.78, 5) is 31.7. The minimum Gasteiger partial charge on any atom is -0.465 e. The fourth-order valence-electron chi connectivity index (χ4n) is 1.87. The average Bonchev–Trinajstić information content (AvgIpc) is 2.61. The third kappa shape index (κ3) is 4.75. The quantitative estimate of drug-likeness (QED) is 0.584. The molecule has 0 aliphatic rings. The topological polar surface area (TPSA) is 102 Å². The number of ether oxygens (including phenoxy) is 2. The summed E-state index contributed by atoms with van der Waals surface area (Å²) in [6.07, 6.45) is 1.48. The minimum absolute atomic E-state index is 0.229. The van der Waals surface area contributed by atoms with E-state index in [0.717, 1.165) is 0 Å². The fourth-order valence-corrected chi connectivity index (χ4v) is 1.87. The van der Waals surface area contributed by atoms with Crippen molar-refractivity contribution >= 4 is 23.5 Å². The Balaban J connectivity index is 2.09. The smallest absolute Gasteiger partial charge is 0.337 e. The second kappa shape index (κ2) is 8.59. The van der Waals surface area contributed by atoms with Gasteiger partial charge in [0.1, 0.15) is 5.69 Å². The number of benzene rings is 1. The molecule has 0 radical (unpaired) electrons. The van der Waals surface area contributed by atoms with E-state index in [4.69, 9.17) is 4.74 Å². The molecular weight excluding hydrogens is 312 g/mol. The molecule has 0 fully saturated rings. The van der Waals surface area contributed by atoms with Crippen LogP contribution >= 0.6 is 0 Å². The summed E-state index contributed by atoms with van der Waals surface area (Å²) in [6, 6.07) is 8.22. The van der Waals surface area contributed by atoms with Crippen LogP contribution in [0.3, 0.4) is 0 Å². The molecule has 0 spiro atoms. The number of aromatic nitrogens is 2. The molecule has 1 amide bonds. The van der Waals surface area contributed by atoms with Crippen LogP contribution < -0.4 is 10.6 Å². The van der Waals surface area contributed by atoms with Crippen molar-refractivity contribution in [2.75, 3.05) is 32.7 Å². The van der Waals surface area contributed by atoms with Crippen LogP contribution in [0.25, 0.3) is 0 Å². The number of methoxy groups -OCH3 is 2. The van der Waals surface area contributed by atoms with E-state index in [1.54, 1.807) is 31.4 Å². The van der Waals surface area contributed by atoms with E-state index in [2.05, 4.69) is 25.3 Å². The van der Waals surface area contributed by atoms with Gasteiger partial charge in [0.15, 0.2) is 0 Å². The standard InChI is InChI=1S/C16H18N4O4/c1-23-9-8-17-14(21)13-6-7-18-16(20-13)19-12-5-3-4-11(10-12)15(22)24-2/h3-7,10H,8-9H2,1-2H3,(H,17,21)(H,18,19,20). The molecule has 2 N–H and O–H groups in total. The summed E-state index contributed by atoms with van der Waals surface area (Å²) in [5, 5.41) is 5.63. The maximum Gasteiger partial charge on any atom is 0.337 e. The molecule has 8 nitrogen and oxygen atoms in total. The first kappa shape index (κ1) is 17.4. The Morgan fingerprint density at radius 3 is 2.79 bits per heavy atom. The number of rotatable bonds is 7. The van der Waals surface area contributed by atoms with Gasteiger partial charge in [0.2, 0.25) is 5.95 Å². The van der Waals surface area contributed by atoms with E-state index < -0.39 is 5.97 Å². The molecule has 2 aromatic rings. The van der Waals surface area contributed by atoms with Crippen molar-refractivity contribution in [3.63, 3.8) is 0 Å². The first-order valence-corrected chi connectivity index (χ1v) is 7.19. The number of anilines is 2. The van der Waals surface area contributed by atoms with Gasteiger partial charge in [-0.25, -0.2) is 14.8 Å². The fraction of sp³-hybridized carbons (Fsp3) is 0.250. The second-order valence-corrected chi connectivity index (χ2v) is 4.71. The molecule has 8 heteroatoms. The zero-order chi connectivity index (χ0) is 17.4. The molecule has 126 valence electrons. The van der Waals surface area contributed by atoms with Crippen molar-refractivity contribution < 1.29 is 19.1 Å². The molecule has 1 aromatic carbocycles. The van der Waals surface area contributed by atoms with Crippen LogP contribution in [0, 0.1) is 0 Å². The van der Waals surface area contributed by atoms with Crippen molar-refractivity contribution in [2.24, 2.45) is 0 Å². The molecule has 24 heavy (non-hydrogen) atoms. The highest BCUT2D eigenvalue weighted by Gasteiger charge is 2.10. The predicted octanol–water partition coefficient (Wildman–Crippen LogP) is 1.38. The van der Waals surface area contributed by atoms with Gasteiger partial charge in [0, 0.05) is 25.5 Å². The van der Waals surface area contributed by atoms with Crippen molar-refractivity contribution in [1.29, 1.82) is 0 Å². The number of amides is 1. The summed E-state index contributed by atoms with van der Waals surface area (Å²) in [7, 11) is 2.87. The lowest BCUT2D eigenvalue weighted by Gasteiger charge is -2.08. The number of hydrogen-bond donors (Lipinski definition) is 2. The van der Waals surface area contributed by atoms with Gasteiger partial charge in [-0.15, -0.1) is 0 Å². The molecule has 0 saturated carbocycles. The molecule has 0 bridgehead atoms. The van der Waals surface area contributed by atoms with E-state index in [0.29, 0.717) is 24.4 Å². The Morgan fingerprint density at radius 2 is 2.04 bits per heavy atom. The normalized spacial score (nSPS) is 10.1. The van der Waals surface area contributed by atoms with E-state index >= 15 is 0 Å². The third-order valence-corrected chi connectivity index (χ3v) is 3.02. The first-order valence-electron chi connectivity index (χ1n) is 7.19. The first-order chi connectivity index (χ1) is 11.6. The highest BCUT2D eigenvalue weighted by molar-refractivity contribution is 5.92. The van der Waals surface area contributed by atoms with Crippen molar-refractivity contribution in [1.82, 2.24) is 15.3 Å². The van der Waals surface area contributed by atoms with Crippen LogP contribution in [0.5, 0.6) is 0 Å². The summed E-state index contributed by atoms with van der Waals surface area (Å²) < 4.78 is 9.55. The molecule has 0 aliphatic carbocycles. The van der Waals surface area contributed by atoms with Crippen LogP contribution in [0.4, 0.5) is 11.6 Å². The SMILES string of the molecule is COCCNC(=O)c1ccnc(Nc2cccc(C(=O)OC)c2)n1. The average molecular weight is 330 g/mol. The zero-order valence-corrected chi connectivity index (χ0v) is 13.4.